The average molecular weight is 208 g/mol. The molecule has 0 spiro atoms. The van der Waals surface area contributed by atoms with Crippen molar-refractivity contribution in [1.82, 2.24) is 0 Å². The predicted octanol–water partition coefficient (Wildman–Crippen LogP) is 3.70. The standard InChI is InChI=1S/C12H16OS/c1-9-7-10(8-13)5-6-11(9)14-12(2,3)4/h5-8H,1-4H3. The van der Waals surface area contributed by atoms with Gasteiger partial charge in [0, 0.05) is 15.2 Å². The number of aryl methyl sites for hydroxylation is 1. The Morgan fingerprint density at radius 3 is 2.36 bits per heavy atom. The second-order valence-corrected chi connectivity index (χ2v) is 6.23. The fourth-order valence-corrected chi connectivity index (χ4v) is 2.21. The Hall–Kier alpha value is -0.760. The van der Waals surface area contributed by atoms with Crippen molar-refractivity contribution in [2.45, 2.75) is 37.3 Å². The van der Waals surface area contributed by atoms with Crippen LogP contribution in [0.15, 0.2) is 23.1 Å². The minimum absolute atomic E-state index is 0.216. The molecule has 0 bridgehead atoms. The maximum Gasteiger partial charge on any atom is 0.150 e. The van der Waals surface area contributed by atoms with Gasteiger partial charge in [0.1, 0.15) is 6.29 Å². The van der Waals surface area contributed by atoms with E-state index in [1.54, 1.807) is 0 Å². The third-order valence-corrected chi connectivity index (χ3v) is 3.04. The van der Waals surface area contributed by atoms with Gasteiger partial charge in [0.25, 0.3) is 0 Å². The molecule has 0 heterocycles. The Labute approximate surface area is 89.9 Å². The van der Waals surface area contributed by atoms with E-state index in [2.05, 4.69) is 20.8 Å². The summed E-state index contributed by atoms with van der Waals surface area (Å²) in [6.45, 7) is 8.60. The van der Waals surface area contributed by atoms with Crippen molar-refractivity contribution in [3.63, 3.8) is 0 Å². The van der Waals surface area contributed by atoms with E-state index in [0.717, 1.165) is 11.8 Å². The summed E-state index contributed by atoms with van der Waals surface area (Å²) in [4.78, 5) is 11.8. The van der Waals surface area contributed by atoms with Gasteiger partial charge in [-0.1, -0.05) is 26.8 Å². The van der Waals surface area contributed by atoms with Crippen LogP contribution in [0.1, 0.15) is 36.7 Å². The highest BCUT2D eigenvalue weighted by Crippen LogP contribution is 2.33. The summed E-state index contributed by atoms with van der Waals surface area (Å²) in [6.07, 6.45) is 0.887. The van der Waals surface area contributed by atoms with Crippen molar-refractivity contribution in [1.29, 1.82) is 0 Å². The van der Waals surface area contributed by atoms with E-state index >= 15 is 0 Å². The lowest BCUT2D eigenvalue weighted by Crippen LogP contribution is -2.07. The van der Waals surface area contributed by atoms with Crippen molar-refractivity contribution in [3.05, 3.63) is 29.3 Å². The number of hydrogen-bond donors (Lipinski definition) is 0. The summed E-state index contributed by atoms with van der Waals surface area (Å²) in [6, 6.07) is 5.82. The second-order valence-electron chi connectivity index (χ2n) is 4.36. The zero-order valence-corrected chi connectivity index (χ0v) is 9.94. The molecule has 1 aromatic carbocycles. The van der Waals surface area contributed by atoms with Gasteiger partial charge >= 0.3 is 0 Å². The van der Waals surface area contributed by atoms with Crippen LogP contribution in [0.25, 0.3) is 0 Å². The topological polar surface area (TPSA) is 17.1 Å². The first-order chi connectivity index (χ1) is 6.42. The van der Waals surface area contributed by atoms with Gasteiger partial charge in [-0.15, -0.1) is 11.8 Å². The molecule has 0 fully saturated rings. The molecule has 14 heavy (non-hydrogen) atoms. The Morgan fingerprint density at radius 1 is 1.29 bits per heavy atom. The lowest BCUT2D eigenvalue weighted by Gasteiger charge is -2.19. The number of carbonyl (C=O) groups excluding carboxylic acids is 1. The van der Waals surface area contributed by atoms with Gasteiger partial charge < -0.3 is 0 Å². The summed E-state index contributed by atoms with van der Waals surface area (Å²) < 4.78 is 0.216. The second kappa shape index (κ2) is 4.18. The van der Waals surface area contributed by atoms with Crippen molar-refractivity contribution >= 4 is 18.0 Å². The highest BCUT2D eigenvalue weighted by molar-refractivity contribution is 8.00. The quantitative estimate of drug-likeness (QED) is 0.544. The minimum atomic E-state index is 0.216. The molecule has 1 nitrogen and oxygen atoms in total. The first-order valence-corrected chi connectivity index (χ1v) is 5.49. The highest BCUT2D eigenvalue weighted by atomic mass is 32.2. The van der Waals surface area contributed by atoms with E-state index in [1.807, 2.05) is 36.9 Å². The molecule has 0 radical (unpaired) electrons. The van der Waals surface area contributed by atoms with Crippen molar-refractivity contribution in [2.75, 3.05) is 0 Å². The smallest absolute Gasteiger partial charge is 0.150 e. The summed E-state index contributed by atoms with van der Waals surface area (Å²) in [7, 11) is 0. The molecule has 0 aliphatic rings. The monoisotopic (exact) mass is 208 g/mol. The van der Waals surface area contributed by atoms with Gasteiger partial charge in [-0.2, -0.15) is 0 Å². The molecule has 0 unspecified atom stereocenters. The number of carbonyl (C=O) groups is 1. The zero-order valence-electron chi connectivity index (χ0n) is 9.13. The number of rotatable bonds is 2. The summed E-state index contributed by atoms with van der Waals surface area (Å²) in [5, 5.41) is 0. The fourth-order valence-electron chi connectivity index (χ4n) is 1.19. The van der Waals surface area contributed by atoms with E-state index in [1.165, 1.54) is 10.5 Å². The van der Waals surface area contributed by atoms with E-state index in [4.69, 9.17) is 0 Å². The Kier molecular flexibility index (Phi) is 3.38. The predicted molar refractivity (Wildman–Crippen MR) is 62.2 cm³/mol. The van der Waals surface area contributed by atoms with Crippen LogP contribution in [0.2, 0.25) is 0 Å². The van der Waals surface area contributed by atoms with Crippen molar-refractivity contribution < 1.29 is 4.79 Å². The Morgan fingerprint density at radius 2 is 1.93 bits per heavy atom. The third-order valence-electron chi connectivity index (χ3n) is 1.75. The normalized spacial score (nSPS) is 11.4. The SMILES string of the molecule is Cc1cc(C=O)ccc1SC(C)(C)C. The van der Waals surface area contributed by atoms with E-state index in [0.29, 0.717) is 0 Å². The van der Waals surface area contributed by atoms with Crippen LogP contribution < -0.4 is 0 Å². The van der Waals surface area contributed by atoms with Gasteiger partial charge in [0.2, 0.25) is 0 Å². The molecule has 2 heteroatoms. The first kappa shape index (κ1) is 11.3. The lowest BCUT2D eigenvalue weighted by atomic mass is 10.2. The zero-order chi connectivity index (χ0) is 10.8. The third kappa shape index (κ3) is 3.18. The molecule has 0 aromatic heterocycles. The Balaban J connectivity index is 2.95. The van der Waals surface area contributed by atoms with E-state index in [9.17, 15) is 4.79 Å². The number of aldehydes is 1. The van der Waals surface area contributed by atoms with Crippen LogP contribution in [-0.4, -0.2) is 11.0 Å². The average Bonchev–Trinajstić information content (AvgIpc) is 2.06. The van der Waals surface area contributed by atoms with Crippen LogP contribution >= 0.6 is 11.8 Å². The fraction of sp³-hybridized carbons (Fsp3) is 0.417. The molecule has 0 aliphatic heterocycles. The molecule has 0 N–H and O–H groups in total. The van der Waals surface area contributed by atoms with Crippen LogP contribution in [-0.2, 0) is 0 Å². The van der Waals surface area contributed by atoms with Gasteiger partial charge in [-0.3, -0.25) is 4.79 Å². The molecule has 1 aromatic rings. The number of thioether (sulfide) groups is 1. The summed E-state index contributed by atoms with van der Waals surface area (Å²) >= 11 is 1.83. The summed E-state index contributed by atoms with van der Waals surface area (Å²) in [5.41, 5.74) is 1.93. The summed E-state index contributed by atoms with van der Waals surface area (Å²) in [5.74, 6) is 0. The van der Waals surface area contributed by atoms with Gasteiger partial charge in [-0.05, 0) is 24.6 Å². The molecule has 0 amide bonds. The maximum absolute atomic E-state index is 10.5. The minimum Gasteiger partial charge on any atom is -0.298 e. The lowest BCUT2D eigenvalue weighted by molar-refractivity contribution is 0.112. The molecule has 0 saturated heterocycles. The molecule has 1 rings (SSSR count). The van der Waals surface area contributed by atoms with Crippen LogP contribution in [0.3, 0.4) is 0 Å². The molecule has 0 atom stereocenters. The van der Waals surface area contributed by atoms with Crippen LogP contribution in [0, 0.1) is 6.92 Å². The Bertz CT molecular complexity index is 337. The van der Waals surface area contributed by atoms with E-state index in [-0.39, 0.29) is 4.75 Å². The molecular weight excluding hydrogens is 192 g/mol. The van der Waals surface area contributed by atoms with Gasteiger partial charge in [0.05, 0.1) is 0 Å². The van der Waals surface area contributed by atoms with Crippen molar-refractivity contribution in [2.24, 2.45) is 0 Å². The van der Waals surface area contributed by atoms with Gasteiger partial charge in [-0.25, -0.2) is 0 Å². The van der Waals surface area contributed by atoms with Gasteiger partial charge in [0.15, 0.2) is 0 Å². The molecule has 0 saturated carbocycles. The van der Waals surface area contributed by atoms with E-state index < -0.39 is 0 Å². The molecule has 0 aliphatic carbocycles. The van der Waals surface area contributed by atoms with Crippen LogP contribution in [0.4, 0.5) is 0 Å². The number of hydrogen-bond acceptors (Lipinski definition) is 2. The number of benzene rings is 1. The maximum atomic E-state index is 10.5. The van der Waals surface area contributed by atoms with Crippen LogP contribution in [0.5, 0.6) is 0 Å². The molecule has 76 valence electrons. The first-order valence-electron chi connectivity index (χ1n) is 4.67. The highest BCUT2D eigenvalue weighted by Gasteiger charge is 2.13. The molecular formula is C12H16OS. The van der Waals surface area contributed by atoms with Crippen molar-refractivity contribution in [3.8, 4) is 0 Å². The largest absolute Gasteiger partial charge is 0.298 e.